The number of sulfonamides is 1. The highest BCUT2D eigenvalue weighted by atomic mass is 35.5. The minimum absolute atomic E-state index is 0.208. The summed E-state index contributed by atoms with van der Waals surface area (Å²) < 4.78 is 24.8. The second kappa shape index (κ2) is 7.06. The molecule has 9 heteroatoms. The van der Waals surface area contributed by atoms with Crippen LogP contribution in [-0.4, -0.2) is 39.7 Å². The van der Waals surface area contributed by atoms with Gasteiger partial charge in [0, 0.05) is 20.3 Å². The zero-order valence-electron chi connectivity index (χ0n) is 13.4. The Bertz CT molecular complexity index is 871. The van der Waals surface area contributed by atoms with E-state index in [9.17, 15) is 13.2 Å². The van der Waals surface area contributed by atoms with Crippen molar-refractivity contribution in [2.75, 3.05) is 30.0 Å². The number of para-hydroxylation sites is 2. The largest absolute Gasteiger partial charge is 0.355 e. The van der Waals surface area contributed by atoms with Crippen LogP contribution in [0, 0.1) is 0 Å². The average Bonchev–Trinajstić information content (AvgIpc) is 2.53. The molecule has 128 valence electrons. The number of hydrogen-bond donors (Lipinski definition) is 2. The minimum atomic E-state index is -3.43. The van der Waals surface area contributed by atoms with E-state index in [1.807, 2.05) is 0 Å². The van der Waals surface area contributed by atoms with Crippen LogP contribution in [0.5, 0.6) is 0 Å². The van der Waals surface area contributed by atoms with E-state index < -0.39 is 10.0 Å². The highest BCUT2D eigenvalue weighted by Gasteiger charge is 2.17. The molecule has 7 nitrogen and oxygen atoms in total. The fraction of sp³-hybridized carbons (Fsp3) is 0.200. The Morgan fingerprint density at radius 2 is 1.92 bits per heavy atom. The van der Waals surface area contributed by atoms with Gasteiger partial charge in [-0.3, -0.25) is 9.10 Å². The first kappa shape index (κ1) is 18.0. The van der Waals surface area contributed by atoms with E-state index in [-0.39, 0.29) is 11.1 Å². The summed E-state index contributed by atoms with van der Waals surface area (Å²) in [5.41, 5.74) is 1.66. The number of anilines is 3. The van der Waals surface area contributed by atoms with Gasteiger partial charge in [-0.05, 0) is 18.2 Å². The molecule has 24 heavy (non-hydrogen) atoms. The van der Waals surface area contributed by atoms with E-state index in [4.69, 9.17) is 11.6 Å². The monoisotopic (exact) mass is 368 g/mol. The molecule has 2 aromatic rings. The highest BCUT2D eigenvalue weighted by Crippen LogP contribution is 2.31. The third-order valence-corrected chi connectivity index (χ3v) is 4.75. The number of nitrogens with zero attached hydrogens (tertiary/aromatic N) is 2. The van der Waals surface area contributed by atoms with Gasteiger partial charge in [-0.1, -0.05) is 23.7 Å². The lowest BCUT2D eigenvalue weighted by Crippen LogP contribution is -2.25. The predicted molar refractivity (Wildman–Crippen MR) is 95.6 cm³/mol. The van der Waals surface area contributed by atoms with Crippen molar-refractivity contribution in [1.82, 2.24) is 10.3 Å². The molecule has 0 atom stereocenters. The van der Waals surface area contributed by atoms with Gasteiger partial charge in [-0.2, -0.15) is 0 Å². The van der Waals surface area contributed by atoms with E-state index in [1.54, 1.807) is 24.3 Å². The molecule has 0 radical (unpaired) electrons. The smallest absolute Gasteiger partial charge is 0.254 e. The van der Waals surface area contributed by atoms with Crippen LogP contribution in [0.25, 0.3) is 0 Å². The molecule has 0 aliphatic heterocycles. The van der Waals surface area contributed by atoms with E-state index in [1.165, 1.54) is 26.4 Å². The molecular weight excluding hydrogens is 352 g/mol. The molecule has 0 fully saturated rings. The molecule has 0 saturated heterocycles. The Balaban J connectivity index is 2.50. The molecule has 1 amide bonds. The SMILES string of the molecule is CNC(=O)c1cnc(Cl)cc1Nc1ccccc1N(C)S(C)(=O)=O. The van der Waals surface area contributed by atoms with Crippen LogP contribution in [0.2, 0.25) is 5.15 Å². The molecule has 1 aromatic carbocycles. The molecule has 0 aliphatic carbocycles. The second-order valence-corrected chi connectivity index (χ2v) is 7.41. The minimum Gasteiger partial charge on any atom is -0.355 e. The topological polar surface area (TPSA) is 91.4 Å². The maximum Gasteiger partial charge on any atom is 0.254 e. The van der Waals surface area contributed by atoms with Crippen molar-refractivity contribution in [3.63, 3.8) is 0 Å². The van der Waals surface area contributed by atoms with Crippen LogP contribution >= 0.6 is 11.6 Å². The number of amides is 1. The quantitative estimate of drug-likeness (QED) is 0.790. The molecule has 2 N–H and O–H groups in total. The molecule has 1 heterocycles. The predicted octanol–water partition coefficient (Wildman–Crippen LogP) is 2.23. The van der Waals surface area contributed by atoms with Gasteiger partial charge in [0.2, 0.25) is 10.0 Å². The summed E-state index contributed by atoms with van der Waals surface area (Å²) in [6, 6.07) is 8.35. The lowest BCUT2D eigenvalue weighted by molar-refractivity contribution is 0.0963. The zero-order valence-corrected chi connectivity index (χ0v) is 14.9. The number of pyridine rings is 1. The summed E-state index contributed by atoms with van der Waals surface area (Å²) in [4.78, 5) is 15.9. The zero-order chi connectivity index (χ0) is 17.9. The first-order chi connectivity index (χ1) is 11.2. The van der Waals surface area contributed by atoms with Gasteiger partial charge in [0.1, 0.15) is 5.15 Å². The number of halogens is 1. The maximum absolute atomic E-state index is 12.0. The number of nitrogens with one attached hydrogen (secondary N) is 2. The van der Waals surface area contributed by atoms with Crippen molar-refractivity contribution in [3.05, 3.63) is 47.2 Å². The number of benzene rings is 1. The lowest BCUT2D eigenvalue weighted by Gasteiger charge is -2.21. The van der Waals surface area contributed by atoms with Crippen molar-refractivity contribution >= 4 is 44.6 Å². The lowest BCUT2D eigenvalue weighted by atomic mass is 10.2. The van der Waals surface area contributed by atoms with Crippen molar-refractivity contribution < 1.29 is 13.2 Å². The Kier molecular flexibility index (Phi) is 5.30. The van der Waals surface area contributed by atoms with Crippen LogP contribution in [-0.2, 0) is 10.0 Å². The van der Waals surface area contributed by atoms with Crippen molar-refractivity contribution in [2.45, 2.75) is 0 Å². The van der Waals surface area contributed by atoms with Crippen LogP contribution < -0.4 is 14.9 Å². The van der Waals surface area contributed by atoms with Crippen molar-refractivity contribution in [2.24, 2.45) is 0 Å². The average molecular weight is 369 g/mol. The summed E-state index contributed by atoms with van der Waals surface area (Å²) >= 11 is 5.92. The number of aromatic nitrogens is 1. The highest BCUT2D eigenvalue weighted by molar-refractivity contribution is 7.92. The van der Waals surface area contributed by atoms with E-state index in [0.29, 0.717) is 22.6 Å². The molecule has 0 unspecified atom stereocenters. The number of carbonyl (C=O) groups is 1. The maximum atomic E-state index is 12.0. The van der Waals surface area contributed by atoms with Crippen molar-refractivity contribution in [3.8, 4) is 0 Å². The fourth-order valence-corrected chi connectivity index (χ4v) is 2.70. The Morgan fingerprint density at radius 1 is 1.25 bits per heavy atom. The Morgan fingerprint density at radius 3 is 2.54 bits per heavy atom. The van der Waals surface area contributed by atoms with Gasteiger partial charge in [-0.25, -0.2) is 13.4 Å². The molecule has 2 rings (SSSR count). The number of hydrogen-bond acceptors (Lipinski definition) is 5. The molecule has 1 aromatic heterocycles. The number of rotatable bonds is 5. The fourth-order valence-electron chi connectivity index (χ4n) is 2.03. The van der Waals surface area contributed by atoms with Crippen LogP contribution in [0.15, 0.2) is 36.5 Å². The van der Waals surface area contributed by atoms with Gasteiger partial charge in [-0.15, -0.1) is 0 Å². The van der Waals surface area contributed by atoms with E-state index in [0.717, 1.165) is 10.6 Å². The third-order valence-electron chi connectivity index (χ3n) is 3.35. The van der Waals surface area contributed by atoms with Crippen molar-refractivity contribution in [1.29, 1.82) is 0 Å². The van der Waals surface area contributed by atoms with Gasteiger partial charge in [0.05, 0.1) is 28.9 Å². The van der Waals surface area contributed by atoms with Gasteiger partial charge < -0.3 is 10.6 Å². The Hall–Kier alpha value is -2.32. The summed E-state index contributed by atoms with van der Waals surface area (Å²) in [5.74, 6) is -0.337. The summed E-state index contributed by atoms with van der Waals surface area (Å²) in [6.07, 6.45) is 2.47. The normalized spacial score (nSPS) is 11.0. The first-order valence-corrected chi connectivity index (χ1v) is 9.14. The van der Waals surface area contributed by atoms with Gasteiger partial charge in [0.15, 0.2) is 0 Å². The second-order valence-electron chi connectivity index (χ2n) is 5.00. The molecule has 0 bridgehead atoms. The summed E-state index contributed by atoms with van der Waals surface area (Å²) in [6.45, 7) is 0. The first-order valence-electron chi connectivity index (χ1n) is 6.91. The molecule has 0 spiro atoms. The molecule has 0 saturated carbocycles. The standard InChI is InChI=1S/C15H17ClN4O3S/c1-17-15(21)10-9-18-14(16)8-12(10)19-11-6-4-5-7-13(11)20(2)24(3,22)23/h4-9H,1-3H3,(H,17,21)(H,18,19). The molecular formula is C15H17ClN4O3S. The third kappa shape index (κ3) is 3.95. The van der Waals surface area contributed by atoms with E-state index in [2.05, 4.69) is 15.6 Å². The van der Waals surface area contributed by atoms with Crippen LogP contribution in [0.1, 0.15) is 10.4 Å². The van der Waals surface area contributed by atoms with E-state index >= 15 is 0 Å². The Labute approximate surface area is 145 Å². The van der Waals surface area contributed by atoms with Gasteiger partial charge in [0.25, 0.3) is 5.91 Å². The van der Waals surface area contributed by atoms with Gasteiger partial charge >= 0.3 is 0 Å². The van der Waals surface area contributed by atoms with Crippen LogP contribution in [0.4, 0.5) is 17.1 Å². The molecule has 0 aliphatic rings. The van der Waals surface area contributed by atoms with Crippen LogP contribution in [0.3, 0.4) is 0 Å². The summed E-state index contributed by atoms with van der Waals surface area (Å²) in [7, 11) is -0.475. The summed E-state index contributed by atoms with van der Waals surface area (Å²) in [5, 5.41) is 5.79. The number of carbonyl (C=O) groups excluding carboxylic acids is 1.